The first-order valence-electron chi connectivity index (χ1n) is 12.7. The monoisotopic (exact) mass is 517 g/mol. The van der Waals surface area contributed by atoms with Gasteiger partial charge in [-0.15, -0.1) is 0 Å². The van der Waals surface area contributed by atoms with Crippen LogP contribution in [-0.2, 0) is 16.1 Å². The van der Waals surface area contributed by atoms with Crippen molar-refractivity contribution in [2.24, 2.45) is 5.73 Å². The number of hydrogen-bond acceptors (Lipinski definition) is 8. The van der Waals surface area contributed by atoms with Gasteiger partial charge in [-0.25, -0.2) is 9.78 Å². The van der Waals surface area contributed by atoms with Gasteiger partial charge in [-0.2, -0.15) is 0 Å². The van der Waals surface area contributed by atoms with Gasteiger partial charge in [0.2, 0.25) is 0 Å². The molecule has 4 N–H and O–H groups in total. The fourth-order valence-electron chi connectivity index (χ4n) is 4.36. The van der Waals surface area contributed by atoms with E-state index >= 15 is 0 Å². The van der Waals surface area contributed by atoms with Crippen molar-refractivity contribution in [1.29, 1.82) is 0 Å². The van der Waals surface area contributed by atoms with Gasteiger partial charge in [-0.05, 0) is 73.0 Å². The number of cyclic esters (lactones) is 1. The molecule has 0 spiro atoms. The van der Waals surface area contributed by atoms with Gasteiger partial charge in [0.05, 0.1) is 13.2 Å². The predicted octanol–water partition coefficient (Wildman–Crippen LogP) is 3.31. The number of hydrogen-bond donors (Lipinski definition) is 3. The van der Waals surface area contributed by atoms with E-state index in [0.29, 0.717) is 56.6 Å². The molecule has 38 heavy (non-hydrogen) atoms. The van der Waals surface area contributed by atoms with Crippen molar-refractivity contribution in [3.8, 4) is 22.6 Å². The maximum atomic E-state index is 12.5. The quantitative estimate of drug-likeness (QED) is 0.331. The molecule has 0 unspecified atom stereocenters. The van der Waals surface area contributed by atoms with Gasteiger partial charge in [-0.3, -0.25) is 9.69 Å². The lowest BCUT2D eigenvalue weighted by Gasteiger charge is -2.19. The van der Waals surface area contributed by atoms with Gasteiger partial charge in [0.25, 0.3) is 5.91 Å². The number of benzene rings is 2. The Kier molecular flexibility index (Phi) is 8.01. The molecule has 2 amide bonds. The van der Waals surface area contributed by atoms with E-state index < -0.39 is 6.09 Å². The highest BCUT2D eigenvalue weighted by atomic mass is 16.6. The lowest BCUT2D eigenvalue weighted by Crippen LogP contribution is -2.29. The van der Waals surface area contributed by atoms with Crippen LogP contribution in [0.25, 0.3) is 11.1 Å². The molecule has 1 fully saturated rings. The second-order valence-corrected chi connectivity index (χ2v) is 9.15. The van der Waals surface area contributed by atoms with Crippen LogP contribution in [0.15, 0.2) is 60.7 Å². The summed E-state index contributed by atoms with van der Waals surface area (Å²) in [7, 11) is 0. The molecule has 3 aromatic rings. The highest BCUT2D eigenvalue weighted by Gasteiger charge is 2.33. The number of carbonyl (C=O) groups excluding carboxylic acids is 2. The minimum Gasteiger partial charge on any atom is -0.494 e. The summed E-state index contributed by atoms with van der Waals surface area (Å²) in [6, 6.07) is 19.8. The summed E-state index contributed by atoms with van der Waals surface area (Å²) in [5.41, 5.74) is 8.92. The second kappa shape index (κ2) is 11.9. The molecule has 1 saturated heterocycles. The Hall–Kier alpha value is -4.15. The normalized spacial score (nSPS) is 16.4. The van der Waals surface area contributed by atoms with Crippen LogP contribution >= 0.6 is 0 Å². The number of amides is 2. The number of ether oxygens (including phenoxy) is 3. The Balaban J connectivity index is 1.11. The summed E-state index contributed by atoms with van der Waals surface area (Å²) in [4.78, 5) is 29.9. The van der Waals surface area contributed by atoms with Crippen molar-refractivity contribution in [2.45, 2.75) is 25.5 Å². The van der Waals surface area contributed by atoms with Crippen LogP contribution in [0.3, 0.4) is 0 Å². The highest BCUT2D eigenvalue weighted by molar-refractivity contribution is 5.95. The zero-order valence-corrected chi connectivity index (χ0v) is 21.0. The number of nitrogens with two attached hydrogens (primary N) is 1. The number of fused-ring (bicyclic) bond motifs is 1. The minimum absolute atomic E-state index is 0.0447. The molecule has 198 valence electrons. The molecule has 0 aliphatic carbocycles. The van der Waals surface area contributed by atoms with Crippen molar-refractivity contribution in [2.75, 3.05) is 43.1 Å². The largest absolute Gasteiger partial charge is 0.494 e. The minimum atomic E-state index is -0.451. The molecule has 2 aliphatic heterocycles. The van der Waals surface area contributed by atoms with E-state index in [0.717, 1.165) is 28.9 Å². The number of pyridine rings is 1. The van der Waals surface area contributed by atoms with Gasteiger partial charge in [0, 0.05) is 6.54 Å². The van der Waals surface area contributed by atoms with Crippen molar-refractivity contribution in [1.82, 2.24) is 10.3 Å². The second-order valence-electron chi connectivity index (χ2n) is 9.15. The van der Waals surface area contributed by atoms with E-state index in [9.17, 15) is 9.59 Å². The number of rotatable bonds is 11. The highest BCUT2D eigenvalue weighted by Crippen LogP contribution is 2.30. The maximum absolute atomic E-state index is 12.5. The van der Waals surface area contributed by atoms with Crippen LogP contribution in [0.5, 0.6) is 11.5 Å². The molecule has 0 saturated carbocycles. The first-order valence-corrected chi connectivity index (χ1v) is 12.7. The van der Waals surface area contributed by atoms with Gasteiger partial charge in [-0.1, -0.05) is 30.3 Å². The van der Waals surface area contributed by atoms with Crippen LogP contribution in [0, 0.1) is 0 Å². The molecule has 2 aromatic carbocycles. The molecular weight excluding hydrogens is 486 g/mol. The summed E-state index contributed by atoms with van der Waals surface area (Å²) in [6.45, 7) is 2.93. The van der Waals surface area contributed by atoms with Gasteiger partial charge < -0.3 is 30.6 Å². The molecular formula is C28H31N5O5. The molecule has 1 atom stereocenters. The lowest BCUT2D eigenvalue weighted by atomic mass is 10.0. The number of carbonyl (C=O) groups is 2. The van der Waals surface area contributed by atoms with Gasteiger partial charge in [0.1, 0.15) is 17.7 Å². The zero-order chi connectivity index (χ0) is 26.3. The van der Waals surface area contributed by atoms with Gasteiger partial charge in [0.15, 0.2) is 18.2 Å². The predicted molar refractivity (Wildman–Crippen MR) is 143 cm³/mol. The average Bonchev–Trinajstić information content (AvgIpc) is 3.31. The molecule has 0 bridgehead atoms. The Bertz CT molecular complexity index is 1300. The van der Waals surface area contributed by atoms with E-state index in [4.69, 9.17) is 19.9 Å². The van der Waals surface area contributed by atoms with Crippen LogP contribution < -0.4 is 30.7 Å². The van der Waals surface area contributed by atoms with E-state index in [2.05, 4.69) is 39.9 Å². The van der Waals surface area contributed by atoms with Crippen LogP contribution in [0.4, 0.5) is 16.4 Å². The van der Waals surface area contributed by atoms with E-state index in [1.54, 1.807) is 12.1 Å². The molecule has 0 radical (unpaired) electrons. The first kappa shape index (κ1) is 25.5. The van der Waals surface area contributed by atoms with Crippen molar-refractivity contribution in [3.63, 3.8) is 0 Å². The third-order valence-corrected chi connectivity index (χ3v) is 6.29. The zero-order valence-electron chi connectivity index (χ0n) is 21.0. The number of anilines is 2. The van der Waals surface area contributed by atoms with Gasteiger partial charge >= 0.3 is 6.09 Å². The van der Waals surface area contributed by atoms with Crippen LogP contribution in [0.1, 0.15) is 18.4 Å². The Morgan fingerprint density at radius 1 is 1.11 bits per heavy atom. The summed E-state index contributed by atoms with van der Waals surface area (Å²) in [5.74, 6) is 1.77. The topological polar surface area (TPSA) is 128 Å². The first-order chi connectivity index (χ1) is 18.6. The average molecular weight is 518 g/mol. The number of nitrogens with one attached hydrogen (secondary N) is 2. The molecule has 10 nitrogen and oxygen atoms in total. The van der Waals surface area contributed by atoms with Crippen LogP contribution in [-0.4, -0.2) is 55.9 Å². The summed E-state index contributed by atoms with van der Waals surface area (Å²) in [6.07, 6.45) is 0.776. The third kappa shape index (κ3) is 6.21. The summed E-state index contributed by atoms with van der Waals surface area (Å²) < 4.78 is 16.7. The number of aromatic nitrogens is 1. The maximum Gasteiger partial charge on any atom is 0.415 e. The fourth-order valence-corrected chi connectivity index (χ4v) is 4.36. The standard InChI is InChI=1S/C28H31N5O5/c29-11-3-13-36-22-7-2-6-21(15-22)20-5-1-4-19(14-20)16-30-12-10-23-17-33(28(35)38-23)25-9-8-24-27(31-25)32-26(34)18-37-24/h1-2,4-9,14-15,23,30H,3,10-13,16-18,29H2,(H,31,32,34)/t23-/m0/s1. The molecule has 1 aromatic heterocycles. The summed E-state index contributed by atoms with van der Waals surface area (Å²) in [5, 5.41) is 6.10. The Morgan fingerprint density at radius 3 is 2.82 bits per heavy atom. The SMILES string of the molecule is NCCCOc1cccc(-c2cccc(CNCC[C@H]3CN(c4ccc5c(n4)NC(=O)CO5)C(=O)O3)c2)c1. The number of nitrogens with zero attached hydrogens (tertiary/aromatic N) is 2. The molecule has 5 rings (SSSR count). The molecule has 10 heteroatoms. The van der Waals surface area contributed by atoms with Crippen LogP contribution in [0.2, 0.25) is 0 Å². The smallest absolute Gasteiger partial charge is 0.415 e. The van der Waals surface area contributed by atoms with Crippen molar-refractivity contribution < 1.29 is 23.8 Å². The fraction of sp³-hybridized carbons (Fsp3) is 0.321. The third-order valence-electron chi connectivity index (χ3n) is 6.29. The Morgan fingerprint density at radius 2 is 1.95 bits per heavy atom. The van der Waals surface area contributed by atoms with Crippen molar-refractivity contribution in [3.05, 3.63) is 66.2 Å². The van der Waals surface area contributed by atoms with E-state index in [-0.39, 0.29) is 18.6 Å². The molecule has 3 heterocycles. The molecule has 2 aliphatic rings. The van der Waals surface area contributed by atoms with E-state index in [1.165, 1.54) is 4.90 Å². The lowest BCUT2D eigenvalue weighted by molar-refractivity contribution is -0.118. The summed E-state index contributed by atoms with van der Waals surface area (Å²) >= 11 is 0. The Labute approximate surface area is 221 Å². The van der Waals surface area contributed by atoms with Crippen molar-refractivity contribution >= 4 is 23.6 Å². The van der Waals surface area contributed by atoms with E-state index in [1.807, 2.05) is 24.3 Å².